The second-order valence-electron chi connectivity index (χ2n) is 7.16. The molecule has 6 heteroatoms. The Kier molecular flexibility index (Phi) is 6.39. The number of carbonyl (C=O) groups is 1. The summed E-state index contributed by atoms with van der Waals surface area (Å²) in [6.07, 6.45) is 6.52. The van der Waals surface area contributed by atoms with E-state index in [1.54, 1.807) is 20.4 Å². The van der Waals surface area contributed by atoms with Gasteiger partial charge in [0.25, 0.3) is 5.91 Å². The molecule has 0 spiro atoms. The third-order valence-electron chi connectivity index (χ3n) is 5.26. The number of hydrogen-bond donors (Lipinski definition) is 0. The molecule has 28 heavy (non-hydrogen) atoms. The predicted molar refractivity (Wildman–Crippen MR) is 110 cm³/mol. The van der Waals surface area contributed by atoms with Crippen molar-refractivity contribution in [3.8, 4) is 11.5 Å². The zero-order chi connectivity index (χ0) is 20.1. The molecule has 0 bridgehead atoms. The number of aromatic nitrogens is 1. The number of ether oxygens (including phenoxy) is 2. The van der Waals surface area contributed by atoms with E-state index >= 15 is 0 Å². The second kappa shape index (κ2) is 8.95. The van der Waals surface area contributed by atoms with E-state index in [4.69, 9.17) is 9.47 Å². The van der Waals surface area contributed by atoms with E-state index in [1.807, 2.05) is 36.3 Å². The number of carbonyl (C=O) groups excluding carboxylic acids is 1. The Morgan fingerprint density at radius 1 is 1.14 bits per heavy atom. The van der Waals surface area contributed by atoms with Crippen molar-refractivity contribution < 1.29 is 14.3 Å². The summed E-state index contributed by atoms with van der Waals surface area (Å²) in [7, 11) is 5.31. The van der Waals surface area contributed by atoms with Crippen LogP contribution in [-0.2, 0) is 13.0 Å². The maximum absolute atomic E-state index is 13.1. The summed E-state index contributed by atoms with van der Waals surface area (Å²) in [5.41, 5.74) is 3.90. The summed E-state index contributed by atoms with van der Waals surface area (Å²) in [4.78, 5) is 21.4. The number of anilines is 1. The van der Waals surface area contributed by atoms with Crippen molar-refractivity contribution in [2.45, 2.75) is 32.7 Å². The number of amides is 1. The van der Waals surface area contributed by atoms with Crippen molar-refractivity contribution in [2.24, 2.45) is 0 Å². The van der Waals surface area contributed by atoms with Crippen molar-refractivity contribution >= 4 is 11.6 Å². The summed E-state index contributed by atoms with van der Waals surface area (Å²) < 4.78 is 10.8. The Morgan fingerprint density at radius 3 is 2.54 bits per heavy atom. The molecule has 0 radical (unpaired) electrons. The zero-order valence-corrected chi connectivity index (χ0v) is 17.2. The van der Waals surface area contributed by atoms with Gasteiger partial charge in [-0.3, -0.25) is 9.78 Å². The molecule has 6 nitrogen and oxygen atoms in total. The zero-order valence-electron chi connectivity index (χ0n) is 17.2. The fourth-order valence-corrected chi connectivity index (χ4v) is 3.52. The van der Waals surface area contributed by atoms with E-state index in [0.29, 0.717) is 24.4 Å². The van der Waals surface area contributed by atoms with Crippen LogP contribution in [0.2, 0.25) is 0 Å². The number of unbranched alkanes of at least 4 members (excludes halogenated alkanes) is 1. The first-order valence-electron chi connectivity index (χ1n) is 9.76. The third-order valence-corrected chi connectivity index (χ3v) is 5.26. The third kappa shape index (κ3) is 4.21. The lowest BCUT2D eigenvalue weighted by Gasteiger charge is -2.30. The lowest BCUT2D eigenvalue weighted by Crippen LogP contribution is -2.36. The maximum Gasteiger partial charge on any atom is 0.255 e. The Labute approximate surface area is 167 Å². The van der Waals surface area contributed by atoms with Crippen molar-refractivity contribution in [2.75, 3.05) is 39.3 Å². The average Bonchev–Trinajstić information content (AvgIpc) is 2.75. The molecule has 2 aromatic rings. The van der Waals surface area contributed by atoms with Gasteiger partial charge >= 0.3 is 0 Å². The van der Waals surface area contributed by atoms with Gasteiger partial charge in [0, 0.05) is 32.9 Å². The Bertz CT molecular complexity index is 838. The highest BCUT2D eigenvalue weighted by Crippen LogP contribution is 2.33. The molecule has 2 heterocycles. The number of pyridine rings is 1. The van der Waals surface area contributed by atoms with Gasteiger partial charge in [0.05, 0.1) is 31.7 Å². The van der Waals surface area contributed by atoms with Crippen LogP contribution in [0.3, 0.4) is 0 Å². The van der Waals surface area contributed by atoms with Crippen LogP contribution in [0.4, 0.5) is 5.69 Å². The maximum atomic E-state index is 13.1. The van der Waals surface area contributed by atoms with E-state index in [-0.39, 0.29) is 5.91 Å². The molecule has 150 valence electrons. The first-order valence-corrected chi connectivity index (χ1v) is 9.76. The number of nitrogens with zero attached hydrogens (tertiary/aromatic N) is 3. The molecule has 0 saturated heterocycles. The fourth-order valence-electron chi connectivity index (χ4n) is 3.52. The van der Waals surface area contributed by atoms with Crippen molar-refractivity contribution in [3.05, 3.63) is 47.3 Å². The number of fused-ring (bicyclic) bond motifs is 1. The summed E-state index contributed by atoms with van der Waals surface area (Å²) in [6.45, 7) is 4.36. The molecular formula is C22H29N3O3. The van der Waals surface area contributed by atoms with Crippen molar-refractivity contribution in [3.63, 3.8) is 0 Å². The summed E-state index contributed by atoms with van der Waals surface area (Å²) >= 11 is 0. The van der Waals surface area contributed by atoms with Gasteiger partial charge in [0.1, 0.15) is 0 Å². The molecular weight excluding hydrogens is 354 g/mol. The van der Waals surface area contributed by atoms with Crippen LogP contribution in [0.25, 0.3) is 0 Å². The first kappa shape index (κ1) is 20.0. The summed E-state index contributed by atoms with van der Waals surface area (Å²) in [5, 5.41) is 0. The van der Waals surface area contributed by atoms with Gasteiger partial charge in [0.2, 0.25) is 0 Å². The van der Waals surface area contributed by atoms with Crippen LogP contribution in [0.5, 0.6) is 11.5 Å². The molecule has 1 aliphatic heterocycles. The van der Waals surface area contributed by atoms with Gasteiger partial charge in [-0.1, -0.05) is 13.3 Å². The van der Waals surface area contributed by atoms with E-state index in [9.17, 15) is 4.79 Å². The quantitative estimate of drug-likeness (QED) is 0.732. The minimum absolute atomic E-state index is 0.0127. The average molecular weight is 383 g/mol. The fraction of sp³-hybridized carbons (Fsp3) is 0.455. The predicted octanol–water partition coefficient (Wildman–Crippen LogP) is 3.53. The molecule has 0 unspecified atom stereocenters. The topological polar surface area (TPSA) is 54.9 Å². The van der Waals surface area contributed by atoms with Crippen LogP contribution in [-0.4, -0.2) is 50.1 Å². The minimum Gasteiger partial charge on any atom is -0.493 e. The molecule has 0 saturated carbocycles. The van der Waals surface area contributed by atoms with E-state index in [2.05, 4.69) is 16.8 Å². The van der Waals surface area contributed by atoms with Gasteiger partial charge in [-0.2, -0.15) is 0 Å². The van der Waals surface area contributed by atoms with Gasteiger partial charge in [-0.05, 0) is 42.2 Å². The molecule has 1 aromatic heterocycles. The van der Waals surface area contributed by atoms with Gasteiger partial charge in [0.15, 0.2) is 11.5 Å². The molecule has 0 aliphatic carbocycles. The molecule has 1 amide bonds. The van der Waals surface area contributed by atoms with Crippen LogP contribution in [0.1, 0.15) is 41.3 Å². The first-order chi connectivity index (χ1) is 13.6. The molecule has 1 aliphatic rings. The molecule has 3 rings (SSSR count). The number of benzene rings is 1. The van der Waals surface area contributed by atoms with Crippen molar-refractivity contribution in [1.29, 1.82) is 0 Å². The van der Waals surface area contributed by atoms with Crippen LogP contribution < -0.4 is 14.4 Å². The second-order valence-corrected chi connectivity index (χ2v) is 7.16. The Morgan fingerprint density at radius 2 is 1.86 bits per heavy atom. The summed E-state index contributed by atoms with van der Waals surface area (Å²) in [6, 6.07) is 5.93. The molecule has 1 aromatic carbocycles. The number of hydrogen-bond acceptors (Lipinski definition) is 5. The van der Waals surface area contributed by atoms with Gasteiger partial charge in [-0.25, -0.2) is 0 Å². The van der Waals surface area contributed by atoms with E-state index in [0.717, 1.165) is 42.8 Å². The highest BCUT2D eigenvalue weighted by molar-refractivity contribution is 5.95. The molecule has 0 N–H and O–H groups in total. The lowest BCUT2D eigenvalue weighted by molar-refractivity contribution is 0.0734. The lowest BCUT2D eigenvalue weighted by atomic mass is 9.98. The van der Waals surface area contributed by atoms with Gasteiger partial charge in [-0.15, -0.1) is 0 Å². The SMILES string of the molecule is CCCCN(C)c1cncc(C(=O)N2CCc3cc(OC)c(OC)cc3C2)c1. The Hall–Kier alpha value is -2.76. The highest BCUT2D eigenvalue weighted by Gasteiger charge is 2.24. The van der Waals surface area contributed by atoms with Crippen LogP contribution in [0.15, 0.2) is 30.6 Å². The monoisotopic (exact) mass is 383 g/mol. The Balaban J connectivity index is 1.78. The number of methoxy groups -OCH3 is 2. The van der Waals surface area contributed by atoms with E-state index in [1.165, 1.54) is 5.56 Å². The highest BCUT2D eigenvalue weighted by atomic mass is 16.5. The smallest absolute Gasteiger partial charge is 0.255 e. The normalized spacial score (nSPS) is 13.1. The summed E-state index contributed by atoms with van der Waals surface area (Å²) in [5.74, 6) is 1.43. The largest absolute Gasteiger partial charge is 0.493 e. The van der Waals surface area contributed by atoms with Crippen LogP contribution >= 0.6 is 0 Å². The molecule has 0 fully saturated rings. The van der Waals surface area contributed by atoms with Crippen LogP contribution in [0, 0.1) is 0 Å². The number of rotatable bonds is 7. The van der Waals surface area contributed by atoms with Crippen molar-refractivity contribution in [1.82, 2.24) is 9.88 Å². The molecule has 0 atom stereocenters. The standard InChI is InChI=1S/C22H29N3O3/c1-5-6-8-24(2)19-10-17(13-23-14-19)22(26)25-9-7-16-11-20(27-3)21(28-4)12-18(16)15-25/h10-14H,5-9,15H2,1-4H3. The van der Waals surface area contributed by atoms with Gasteiger partial charge < -0.3 is 19.3 Å². The minimum atomic E-state index is 0.0127. The van der Waals surface area contributed by atoms with E-state index < -0.39 is 0 Å².